The molecular formula is C16H31NO. The molecule has 0 atom stereocenters. The number of ether oxygens (including phenoxy) is 1. The van der Waals surface area contributed by atoms with Crippen molar-refractivity contribution in [3.63, 3.8) is 0 Å². The Morgan fingerprint density at radius 1 is 1.22 bits per heavy atom. The van der Waals surface area contributed by atoms with Gasteiger partial charge in [0.2, 0.25) is 0 Å². The number of hydrogen-bond donors (Lipinski definition) is 1. The molecule has 106 valence electrons. The van der Waals surface area contributed by atoms with Crippen molar-refractivity contribution in [2.24, 2.45) is 11.3 Å². The highest BCUT2D eigenvalue weighted by atomic mass is 16.5. The van der Waals surface area contributed by atoms with Gasteiger partial charge in [-0.15, -0.1) is 0 Å². The maximum atomic E-state index is 5.09. The maximum Gasteiger partial charge on any atom is 0.0587 e. The lowest BCUT2D eigenvalue weighted by Gasteiger charge is -2.27. The first-order chi connectivity index (χ1) is 8.53. The van der Waals surface area contributed by atoms with Crippen molar-refractivity contribution in [2.45, 2.75) is 52.9 Å². The van der Waals surface area contributed by atoms with E-state index in [1.54, 1.807) is 12.7 Å². The number of rotatable bonds is 6. The van der Waals surface area contributed by atoms with E-state index in [1.807, 2.05) is 0 Å². The predicted molar refractivity (Wildman–Crippen MR) is 78.9 cm³/mol. The zero-order valence-corrected chi connectivity index (χ0v) is 12.7. The number of allylic oxidation sites excluding steroid dienone is 1. The molecule has 0 bridgehead atoms. The second-order valence-corrected chi connectivity index (χ2v) is 6.59. The maximum absolute atomic E-state index is 5.09. The Morgan fingerprint density at radius 3 is 2.44 bits per heavy atom. The van der Waals surface area contributed by atoms with E-state index in [9.17, 15) is 0 Å². The summed E-state index contributed by atoms with van der Waals surface area (Å²) in [6.07, 6.45) is 9.50. The molecule has 1 saturated carbocycles. The van der Waals surface area contributed by atoms with Crippen LogP contribution in [0.5, 0.6) is 0 Å². The topological polar surface area (TPSA) is 21.3 Å². The Morgan fingerprint density at radius 2 is 1.89 bits per heavy atom. The average molecular weight is 253 g/mol. The van der Waals surface area contributed by atoms with Crippen LogP contribution in [0.3, 0.4) is 0 Å². The SMILES string of the molecule is COCCNCC(=CC(C)(C)C)C1CCCCC1. The van der Waals surface area contributed by atoms with Gasteiger partial charge in [-0.2, -0.15) is 0 Å². The van der Waals surface area contributed by atoms with Crippen LogP contribution in [-0.4, -0.2) is 26.8 Å². The molecule has 1 aliphatic carbocycles. The van der Waals surface area contributed by atoms with Crippen molar-refractivity contribution in [2.75, 3.05) is 26.8 Å². The molecule has 0 aromatic heterocycles. The van der Waals surface area contributed by atoms with Crippen LogP contribution in [0.25, 0.3) is 0 Å². The summed E-state index contributed by atoms with van der Waals surface area (Å²) in [5, 5.41) is 3.51. The fourth-order valence-corrected chi connectivity index (χ4v) is 2.75. The highest BCUT2D eigenvalue weighted by molar-refractivity contribution is 5.13. The summed E-state index contributed by atoms with van der Waals surface area (Å²) in [4.78, 5) is 0. The molecule has 0 spiro atoms. The van der Waals surface area contributed by atoms with Crippen LogP contribution in [0.4, 0.5) is 0 Å². The number of methoxy groups -OCH3 is 1. The van der Waals surface area contributed by atoms with Gasteiger partial charge < -0.3 is 10.1 Å². The van der Waals surface area contributed by atoms with E-state index in [1.165, 1.54) is 32.1 Å². The quantitative estimate of drug-likeness (QED) is 0.574. The van der Waals surface area contributed by atoms with E-state index < -0.39 is 0 Å². The Kier molecular flexibility index (Phi) is 6.95. The van der Waals surface area contributed by atoms with Crippen LogP contribution < -0.4 is 5.32 Å². The minimum atomic E-state index is 0.287. The van der Waals surface area contributed by atoms with E-state index in [0.29, 0.717) is 0 Å². The first-order valence-electron chi connectivity index (χ1n) is 7.44. The van der Waals surface area contributed by atoms with Crippen molar-refractivity contribution in [3.8, 4) is 0 Å². The van der Waals surface area contributed by atoms with E-state index in [4.69, 9.17) is 4.74 Å². The Hall–Kier alpha value is -0.340. The van der Waals surface area contributed by atoms with Gasteiger partial charge in [0, 0.05) is 20.2 Å². The fraction of sp³-hybridized carbons (Fsp3) is 0.875. The summed E-state index contributed by atoms with van der Waals surface area (Å²) in [7, 11) is 1.76. The van der Waals surface area contributed by atoms with Crippen molar-refractivity contribution in [1.29, 1.82) is 0 Å². The smallest absolute Gasteiger partial charge is 0.0587 e. The Balaban J connectivity index is 2.54. The average Bonchev–Trinajstić information content (AvgIpc) is 2.33. The Bertz CT molecular complexity index is 246. The van der Waals surface area contributed by atoms with E-state index in [-0.39, 0.29) is 5.41 Å². The molecule has 2 nitrogen and oxygen atoms in total. The van der Waals surface area contributed by atoms with Gasteiger partial charge >= 0.3 is 0 Å². The van der Waals surface area contributed by atoms with Gasteiger partial charge in [-0.1, -0.05) is 51.7 Å². The monoisotopic (exact) mass is 253 g/mol. The number of hydrogen-bond acceptors (Lipinski definition) is 2. The molecule has 0 amide bonds. The molecule has 18 heavy (non-hydrogen) atoms. The molecule has 2 heteroatoms. The molecular weight excluding hydrogens is 222 g/mol. The lowest BCUT2D eigenvalue weighted by molar-refractivity contribution is 0.200. The molecule has 0 aromatic carbocycles. The van der Waals surface area contributed by atoms with Crippen LogP contribution in [0.1, 0.15) is 52.9 Å². The molecule has 1 rings (SSSR count). The van der Waals surface area contributed by atoms with Gasteiger partial charge in [0.05, 0.1) is 6.61 Å². The number of nitrogens with one attached hydrogen (secondary N) is 1. The third-order valence-electron chi connectivity index (χ3n) is 3.56. The molecule has 1 N–H and O–H groups in total. The highest BCUT2D eigenvalue weighted by Crippen LogP contribution is 2.32. The molecule has 0 radical (unpaired) electrons. The van der Waals surface area contributed by atoms with Gasteiger partial charge in [-0.3, -0.25) is 0 Å². The normalized spacial score (nSPS) is 19.2. The van der Waals surface area contributed by atoms with Crippen molar-refractivity contribution < 1.29 is 4.74 Å². The minimum Gasteiger partial charge on any atom is -0.383 e. The molecule has 1 fully saturated rings. The van der Waals surface area contributed by atoms with Crippen molar-refractivity contribution in [3.05, 3.63) is 11.6 Å². The van der Waals surface area contributed by atoms with Gasteiger partial charge in [0.15, 0.2) is 0 Å². The van der Waals surface area contributed by atoms with Gasteiger partial charge in [-0.05, 0) is 24.2 Å². The van der Waals surface area contributed by atoms with E-state index in [2.05, 4.69) is 32.2 Å². The first kappa shape index (κ1) is 15.7. The molecule has 0 aromatic rings. The lowest BCUT2D eigenvalue weighted by atomic mass is 9.80. The van der Waals surface area contributed by atoms with Crippen LogP contribution in [0, 0.1) is 11.3 Å². The highest BCUT2D eigenvalue weighted by Gasteiger charge is 2.19. The fourth-order valence-electron chi connectivity index (χ4n) is 2.75. The summed E-state index contributed by atoms with van der Waals surface area (Å²) >= 11 is 0. The van der Waals surface area contributed by atoms with Gasteiger partial charge in [0.1, 0.15) is 0 Å². The molecule has 0 aliphatic heterocycles. The molecule has 0 heterocycles. The van der Waals surface area contributed by atoms with Crippen LogP contribution >= 0.6 is 0 Å². The first-order valence-corrected chi connectivity index (χ1v) is 7.44. The summed E-state index contributed by atoms with van der Waals surface area (Å²) in [6.45, 7) is 9.67. The third-order valence-corrected chi connectivity index (χ3v) is 3.56. The second kappa shape index (κ2) is 7.96. The predicted octanol–water partition coefficient (Wildman–Crippen LogP) is 3.78. The second-order valence-electron chi connectivity index (χ2n) is 6.59. The molecule has 1 aliphatic rings. The van der Waals surface area contributed by atoms with E-state index >= 15 is 0 Å². The summed E-state index contributed by atoms with van der Waals surface area (Å²) in [6, 6.07) is 0. The van der Waals surface area contributed by atoms with Crippen molar-refractivity contribution >= 4 is 0 Å². The van der Waals surface area contributed by atoms with Gasteiger partial charge in [0.25, 0.3) is 0 Å². The zero-order valence-electron chi connectivity index (χ0n) is 12.7. The Labute approximate surface area is 113 Å². The standard InChI is InChI=1S/C16H31NO/c1-16(2,3)12-15(13-17-10-11-18-4)14-8-6-5-7-9-14/h12,14,17H,5-11,13H2,1-4H3. The van der Waals surface area contributed by atoms with Gasteiger partial charge in [-0.25, -0.2) is 0 Å². The zero-order chi connectivity index (χ0) is 13.4. The summed E-state index contributed by atoms with van der Waals surface area (Å²) < 4.78 is 5.09. The molecule has 0 unspecified atom stereocenters. The molecule has 0 saturated heterocycles. The minimum absolute atomic E-state index is 0.287. The van der Waals surface area contributed by atoms with E-state index in [0.717, 1.165) is 25.6 Å². The summed E-state index contributed by atoms with van der Waals surface area (Å²) in [5.74, 6) is 0.813. The summed E-state index contributed by atoms with van der Waals surface area (Å²) in [5.41, 5.74) is 1.91. The van der Waals surface area contributed by atoms with Crippen molar-refractivity contribution in [1.82, 2.24) is 5.32 Å². The lowest BCUT2D eigenvalue weighted by Crippen LogP contribution is -2.26. The third kappa shape index (κ3) is 6.55. The van der Waals surface area contributed by atoms with Crippen LogP contribution in [0.15, 0.2) is 11.6 Å². The largest absolute Gasteiger partial charge is 0.383 e. The van der Waals surface area contributed by atoms with Crippen LogP contribution in [0.2, 0.25) is 0 Å². The van der Waals surface area contributed by atoms with Crippen LogP contribution in [-0.2, 0) is 4.74 Å².